The van der Waals surface area contributed by atoms with Crippen LogP contribution in [0.5, 0.6) is 0 Å². The molecular formula is C50H54GeIrN2S-2. The molecule has 1 aliphatic carbocycles. The van der Waals surface area contributed by atoms with Gasteiger partial charge in [0.1, 0.15) is 0 Å². The van der Waals surface area contributed by atoms with Crippen LogP contribution >= 0.6 is 11.3 Å². The topological polar surface area (TPSA) is 25.8 Å². The van der Waals surface area contributed by atoms with Crippen molar-refractivity contribution in [1.82, 2.24) is 9.97 Å². The third-order valence-corrected chi connectivity index (χ3v) is 16.2. The molecule has 0 unspecified atom stereocenters. The number of pyridine rings is 2. The van der Waals surface area contributed by atoms with Crippen LogP contribution in [-0.4, -0.2) is 23.2 Å². The second kappa shape index (κ2) is 17.0. The van der Waals surface area contributed by atoms with E-state index in [0.29, 0.717) is 0 Å². The Morgan fingerprint density at radius 3 is 2.16 bits per heavy atom. The third kappa shape index (κ3) is 9.59. The van der Waals surface area contributed by atoms with E-state index < -0.39 is 25.1 Å². The summed E-state index contributed by atoms with van der Waals surface area (Å²) < 4.78 is 21.3. The Hall–Kier alpha value is -3.41. The molecule has 0 aliphatic heterocycles. The van der Waals surface area contributed by atoms with Crippen LogP contribution in [0, 0.1) is 23.5 Å². The Balaban J connectivity index is 0.000000203. The molecule has 1 radical (unpaired) electrons. The smallest absolute Gasteiger partial charge is 0 e. The standard InChI is InChI=1S/C31H28NS.C19H26GeN.Ir/c1-31(2,24-10-6-7-11-24)25-16-17-32-28(20-25)23-13-15-29-27(18-23)26-14-12-22(19-30(26)33-29)21-8-4-3-5-9-21;1-19(2,3)13-16-12-18(15-10-8-7-9-11-15)21-14-17(16)20(4,5)6;/h3-5,8-9,12,14-20,24H,6-7,10-11H2,1-2H3;7-10,12,14H,13H2,1-6H3;/q2*-1;/i;13D2;. The van der Waals surface area contributed by atoms with Gasteiger partial charge in [-0.2, -0.15) is 11.3 Å². The van der Waals surface area contributed by atoms with Crippen molar-refractivity contribution in [2.45, 2.75) is 89.4 Å². The molecule has 5 heteroatoms. The van der Waals surface area contributed by atoms with Crippen molar-refractivity contribution in [2.75, 3.05) is 0 Å². The fourth-order valence-corrected chi connectivity index (χ4v) is 11.8. The molecule has 8 rings (SSSR count). The van der Waals surface area contributed by atoms with Gasteiger partial charge in [0.05, 0.1) is 0 Å². The quantitative estimate of drug-likeness (QED) is 0.117. The van der Waals surface area contributed by atoms with Gasteiger partial charge in [0.15, 0.2) is 0 Å². The van der Waals surface area contributed by atoms with Crippen LogP contribution in [0.1, 0.15) is 74.2 Å². The van der Waals surface area contributed by atoms with E-state index in [1.54, 1.807) is 0 Å². The van der Waals surface area contributed by atoms with Crippen LogP contribution in [-0.2, 0) is 31.9 Å². The van der Waals surface area contributed by atoms with E-state index in [1.807, 2.05) is 74.8 Å². The predicted molar refractivity (Wildman–Crippen MR) is 236 cm³/mol. The van der Waals surface area contributed by atoms with Gasteiger partial charge in [-0.3, -0.25) is 0 Å². The fraction of sp³-hybridized carbons (Fsp3) is 0.320. The zero-order valence-corrected chi connectivity index (χ0v) is 38.8. The van der Waals surface area contributed by atoms with Gasteiger partial charge in [0.25, 0.3) is 0 Å². The number of benzene rings is 4. The second-order valence-corrected chi connectivity index (χ2v) is 29.1. The van der Waals surface area contributed by atoms with E-state index in [9.17, 15) is 0 Å². The van der Waals surface area contributed by atoms with Gasteiger partial charge < -0.3 is 4.98 Å². The average molecular weight is 982 g/mol. The molecule has 1 saturated carbocycles. The Morgan fingerprint density at radius 2 is 1.47 bits per heavy atom. The van der Waals surface area contributed by atoms with Gasteiger partial charge >= 0.3 is 135 Å². The minimum atomic E-state index is -2.24. The Kier molecular flexibility index (Phi) is 11.9. The molecule has 7 aromatic rings. The summed E-state index contributed by atoms with van der Waals surface area (Å²) in [6.45, 7) is 10.7. The van der Waals surface area contributed by atoms with Gasteiger partial charge in [-0.25, -0.2) is 0 Å². The second-order valence-electron chi connectivity index (χ2n) is 17.5. The molecule has 4 aromatic carbocycles. The first kappa shape index (κ1) is 38.5. The van der Waals surface area contributed by atoms with Crippen molar-refractivity contribution in [3.8, 4) is 33.6 Å². The summed E-state index contributed by atoms with van der Waals surface area (Å²) in [6, 6.07) is 42.8. The van der Waals surface area contributed by atoms with Crippen LogP contribution in [0.15, 0.2) is 116 Å². The van der Waals surface area contributed by atoms with Crippen molar-refractivity contribution in [1.29, 1.82) is 0 Å². The number of nitrogens with zero attached hydrogens (tertiary/aromatic N) is 2. The van der Waals surface area contributed by atoms with Crippen molar-refractivity contribution >= 4 is 49.2 Å². The Labute approximate surface area is 352 Å². The van der Waals surface area contributed by atoms with E-state index in [2.05, 4.69) is 121 Å². The van der Waals surface area contributed by atoms with Crippen LogP contribution in [0.2, 0.25) is 17.3 Å². The van der Waals surface area contributed by atoms with Gasteiger partial charge in [0.2, 0.25) is 0 Å². The molecule has 0 amide bonds. The van der Waals surface area contributed by atoms with E-state index in [1.165, 1.54) is 62.5 Å². The minimum absolute atomic E-state index is 0. The summed E-state index contributed by atoms with van der Waals surface area (Å²) in [5, 5.41) is 2.61. The molecule has 0 bridgehead atoms. The molecular weight excluding hydrogens is 925 g/mol. The molecule has 285 valence electrons. The maximum atomic E-state index is 8.76. The number of aromatic nitrogens is 2. The first-order valence-electron chi connectivity index (χ1n) is 20.4. The molecule has 1 aliphatic rings. The van der Waals surface area contributed by atoms with E-state index >= 15 is 0 Å². The molecule has 3 aromatic heterocycles. The molecule has 0 N–H and O–H groups in total. The average Bonchev–Trinajstić information content (AvgIpc) is 3.87. The fourth-order valence-electron chi connectivity index (χ4n) is 7.80. The summed E-state index contributed by atoms with van der Waals surface area (Å²) in [5.74, 6) is 7.62. The zero-order chi connectivity index (χ0) is 39.9. The summed E-state index contributed by atoms with van der Waals surface area (Å²) in [5.41, 5.74) is 8.25. The molecule has 0 spiro atoms. The van der Waals surface area contributed by atoms with Crippen molar-refractivity contribution in [3.63, 3.8) is 0 Å². The Bertz CT molecular complexity index is 2460. The Morgan fingerprint density at radius 1 is 0.745 bits per heavy atom. The van der Waals surface area contributed by atoms with E-state index in [-0.39, 0.29) is 25.5 Å². The van der Waals surface area contributed by atoms with Crippen LogP contribution in [0.25, 0.3) is 53.8 Å². The first-order valence-corrected chi connectivity index (χ1v) is 27.6. The molecule has 2 nitrogen and oxygen atoms in total. The minimum Gasteiger partial charge on any atom is 0 e. The number of thiophene rings is 1. The number of hydrogen-bond donors (Lipinski definition) is 0. The normalized spacial score (nSPS) is 14.5. The van der Waals surface area contributed by atoms with Crippen LogP contribution in [0.3, 0.4) is 0 Å². The monoisotopic (exact) mass is 983 g/mol. The summed E-state index contributed by atoms with van der Waals surface area (Å²) in [6.07, 6.45) is 7.91. The first-order chi connectivity index (χ1) is 26.5. The van der Waals surface area contributed by atoms with Crippen LogP contribution < -0.4 is 4.40 Å². The van der Waals surface area contributed by atoms with Crippen molar-refractivity contribution in [3.05, 3.63) is 139 Å². The molecule has 0 saturated heterocycles. The van der Waals surface area contributed by atoms with Gasteiger partial charge in [-0.05, 0) is 68.8 Å². The molecule has 55 heavy (non-hydrogen) atoms. The van der Waals surface area contributed by atoms with Crippen LogP contribution in [0.4, 0.5) is 0 Å². The summed E-state index contributed by atoms with van der Waals surface area (Å²) >= 11 is -0.394. The van der Waals surface area contributed by atoms with E-state index in [0.717, 1.165) is 38.4 Å². The molecule has 1 fully saturated rings. The largest absolute Gasteiger partial charge is 0 e. The van der Waals surface area contributed by atoms with Crippen molar-refractivity contribution < 1.29 is 22.8 Å². The van der Waals surface area contributed by atoms with Crippen molar-refractivity contribution in [2.24, 2.45) is 11.3 Å². The molecule has 3 heterocycles. The third-order valence-electron chi connectivity index (χ3n) is 10.9. The van der Waals surface area contributed by atoms with Gasteiger partial charge in [-0.1, -0.05) is 80.6 Å². The summed E-state index contributed by atoms with van der Waals surface area (Å²) in [7, 11) is 0. The van der Waals surface area contributed by atoms with Gasteiger partial charge in [-0.15, -0.1) is 23.8 Å². The number of rotatable bonds is 7. The maximum Gasteiger partial charge on any atom is 0 e. The SMILES string of the molecule is CC(C)(c1ccnc(-c2[c-]cc3sc4cc(-c5ccccc5)ccc4c3c2)c1)C1CCCC1.[2H]C([2H])(c1cc(-c2[c-]cccc2)nc[c]1[Ge]([CH3])([CH3])[CH3])C(C)(C)C.[Ir]. The van der Waals surface area contributed by atoms with Gasteiger partial charge in [0, 0.05) is 31.0 Å². The summed E-state index contributed by atoms with van der Waals surface area (Å²) in [4.78, 5) is 9.37. The molecule has 0 atom stereocenters. The number of fused-ring (bicyclic) bond motifs is 3. The maximum absolute atomic E-state index is 8.76. The number of hydrogen-bond acceptors (Lipinski definition) is 3. The van der Waals surface area contributed by atoms with E-state index in [4.69, 9.17) is 7.73 Å². The predicted octanol–water partition coefficient (Wildman–Crippen LogP) is 13.7. The zero-order valence-electron chi connectivity index (χ0n) is 35.5.